The first-order valence-corrected chi connectivity index (χ1v) is 11.5. The third-order valence-electron chi connectivity index (χ3n) is 6.02. The molecule has 1 aromatic carbocycles. The van der Waals surface area contributed by atoms with Crippen molar-refractivity contribution in [3.63, 3.8) is 0 Å². The van der Waals surface area contributed by atoms with Gasteiger partial charge in [0.25, 0.3) is 10.2 Å². The van der Waals surface area contributed by atoms with Gasteiger partial charge in [0.05, 0.1) is 5.02 Å². The Morgan fingerprint density at radius 1 is 1.17 bits per heavy atom. The van der Waals surface area contributed by atoms with Crippen LogP contribution in [-0.2, 0) is 15.0 Å². The van der Waals surface area contributed by atoms with Crippen LogP contribution in [0.1, 0.15) is 18.4 Å². The van der Waals surface area contributed by atoms with Crippen LogP contribution in [0.5, 0.6) is 0 Å². The van der Waals surface area contributed by atoms with E-state index in [1.165, 1.54) is 4.31 Å². The number of aliphatic carboxylic acids is 1. The number of rotatable bonds is 6. The van der Waals surface area contributed by atoms with E-state index in [1.807, 2.05) is 35.2 Å². The van der Waals surface area contributed by atoms with E-state index in [-0.39, 0.29) is 19.0 Å². The summed E-state index contributed by atoms with van der Waals surface area (Å²) in [6.07, 6.45) is 1.55. The standard InChI is InChI=1S/C20H23ClN4O4S/c1-14-18(15-5-3-2-4-6-15)20(14,19(26)27)23-30(28,29)25-11-9-24(10-12-25)17-8-7-16(21)13-22-17/h2-8,13-14,18,23H,9-12H2,1H3,(H,26,27)/t14?,18-,20-/m0/s1. The van der Waals surface area contributed by atoms with E-state index in [2.05, 4.69) is 9.71 Å². The molecule has 0 amide bonds. The molecule has 160 valence electrons. The highest BCUT2D eigenvalue weighted by atomic mass is 35.5. The Morgan fingerprint density at radius 3 is 2.40 bits per heavy atom. The Labute approximate surface area is 180 Å². The van der Waals surface area contributed by atoms with Crippen LogP contribution in [-0.4, -0.2) is 60.5 Å². The van der Waals surface area contributed by atoms with E-state index in [4.69, 9.17) is 11.6 Å². The van der Waals surface area contributed by atoms with E-state index < -0.39 is 27.6 Å². The minimum atomic E-state index is -3.98. The molecule has 1 aliphatic heterocycles. The summed E-state index contributed by atoms with van der Waals surface area (Å²) < 4.78 is 29.9. The highest BCUT2D eigenvalue weighted by Gasteiger charge is 2.70. The first kappa shape index (κ1) is 21.0. The molecule has 2 heterocycles. The molecule has 30 heavy (non-hydrogen) atoms. The molecular weight excluding hydrogens is 428 g/mol. The monoisotopic (exact) mass is 450 g/mol. The van der Waals surface area contributed by atoms with Crippen LogP contribution < -0.4 is 9.62 Å². The van der Waals surface area contributed by atoms with Crippen molar-refractivity contribution in [2.24, 2.45) is 5.92 Å². The number of hydrogen-bond acceptors (Lipinski definition) is 5. The topological polar surface area (TPSA) is 103 Å². The number of pyridine rings is 1. The van der Waals surface area contributed by atoms with Crippen LogP contribution in [0, 0.1) is 5.92 Å². The number of benzene rings is 1. The van der Waals surface area contributed by atoms with Gasteiger partial charge in [-0.05, 0) is 23.6 Å². The molecule has 2 aliphatic rings. The predicted molar refractivity (Wildman–Crippen MR) is 114 cm³/mol. The summed E-state index contributed by atoms with van der Waals surface area (Å²) >= 11 is 5.87. The number of carboxylic acids is 1. The van der Waals surface area contributed by atoms with Crippen molar-refractivity contribution in [3.05, 3.63) is 59.2 Å². The number of anilines is 1. The third-order valence-corrected chi connectivity index (χ3v) is 7.89. The molecular formula is C20H23ClN4O4S. The molecule has 1 aromatic heterocycles. The Balaban J connectivity index is 1.47. The molecule has 8 nitrogen and oxygen atoms in total. The van der Waals surface area contributed by atoms with E-state index >= 15 is 0 Å². The molecule has 1 saturated carbocycles. The molecule has 2 N–H and O–H groups in total. The molecule has 2 fully saturated rings. The average Bonchev–Trinajstić information content (AvgIpc) is 3.33. The van der Waals surface area contributed by atoms with E-state index in [0.29, 0.717) is 18.1 Å². The summed E-state index contributed by atoms with van der Waals surface area (Å²) in [5, 5.41) is 10.4. The molecule has 1 aliphatic carbocycles. The fraction of sp³-hybridized carbons (Fsp3) is 0.400. The van der Waals surface area contributed by atoms with Gasteiger partial charge in [-0.2, -0.15) is 17.4 Å². The van der Waals surface area contributed by atoms with Crippen molar-refractivity contribution in [2.75, 3.05) is 31.1 Å². The number of aromatic nitrogens is 1. The highest BCUT2D eigenvalue weighted by molar-refractivity contribution is 7.87. The van der Waals surface area contributed by atoms with Crippen LogP contribution in [0.3, 0.4) is 0 Å². The van der Waals surface area contributed by atoms with Crippen molar-refractivity contribution in [3.8, 4) is 0 Å². The van der Waals surface area contributed by atoms with Gasteiger partial charge in [0, 0.05) is 38.3 Å². The lowest BCUT2D eigenvalue weighted by atomic mass is 10.1. The SMILES string of the molecule is CC1[C@@H](c2ccccc2)[C@]1(NS(=O)(=O)N1CCN(c2ccc(Cl)cn2)CC1)C(=O)O. The summed E-state index contributed by atoms with van der Waals surface area (Å²) in [4.78, 5) is 18.4. The second-order valence-corrected chi connectivity index (χ2v) is 9.79. The number of halogens is 1. The quantitative estimate of drug-likeness (QED) is 0.697. The van der Waals surface area contributed by atoms with Crippen LogP contribution in [0.2, 0.25) is 5.02 Å². The fourth-order valence-corrected chi connectivity index (χ4v) is 6.00. The molecule has 1 unspecified atom stereocenters. The van der Waals surface area contributed by atoms with Gasteiger partial charge in [0.1, 0.15) is 11.4 Å². The van der Waals surface area contributed by atoms with Crippen LogP contribution in [0.15, 0.2) is 48.7 Å². The van der Waals surface area contributed by atoms with Gasteiger partial charge < -0.3 is 10.0 Å². The van der Waals surface area contributed by atoms with Crippen molar-refractivity contribution in [1.29, 1.82) is 0 Å². The second kappa shape index (κ2) is 7.81. The van der Waals surface area contributed by atoms with Gasteiger partial charge in [0.2, 0.25) is 0 Å². The number of nitrogens with zero attached hydrogens (tertiary/aromatic N) is 3. The largest absolute Gasteiger partial charge is 0.480 e. The zero-order valence-electron chi connectivity index (χ0n) is 16.4. The summed E-state index contributed by atoms with van der Waals surface area (Å²) in [5.41, 5.74) is -0.719. The normalized spacial score (nSPS) is 27.1. The van der Waals surface area contributed by atoms with Gasteiger partial charge >= 0.3 is 5.97 Å². The number of nitrogens with one attached hydrogen (secondary N) is 1. The van der Waals surface area contributed by atoms with Gasteiger partial charge in [-0.25, -0.2) is 4.98 Å². The highest BCUT2D eigenvalue weighted by Crippen LogP contribution is 2.57. The molecule has 0 bridgehead atoms. The van der Waals surface area contributed by atoms with Gasteiger partial charge in [-0.3, -0.25) is 4.79 Å². The molecule has 0 spiro atoms. The average molecular weight is 451 g/mol. The summed E-state index contributed by atoms with van der Waals surface area (Å²) in [6, 6.07) is 12.7. The number of piperazine rings is 1. The second-order valence-electron chi connectivity index (χ2n) is 7.68. The predicted octanol–water partition coefficient (Wildman–Crippen LogP) is 1.95. The lowest BCUT2D eigenvalue weighted by Gasteiger charge is -2.35. The van der Waals surface area contributed by atoms with E-state index in [9.17, 15) is 18.3 Å². The van der Waals surface area contributed by atoms with Gasteiger partial charge in [0.15, 0.2) is 0 Å². The number of hydrogen-bond donors (Lipinski definition) is 2. The summed E-state index contributed by atoms with van der Waals surface area (Å²) in [7, 11) is -3.98. The van der Waals surface area contributed by atoms with Crippen molar-refractivity contribution < 1.29 is 18.3 Å². The smallest absolute Gasteiger partial charge is 0.325 e. The maximum absolute atomic E-state index is 13.1. The van der Waals surface area contributed by atoms with E-state index in [1.54, 1.807) is 25.3 Å². The van der Waals surface area contributed by atoms with Gasteiger partial charge in [-0.1, -0.05) is 48.9 Å². The molecule has 0 radical (unpaired) electrons. The Bertz CT molecular complexity index is 1030. The lowest BCUT2D eigenvalue weighted by Crippen LogP contribution is -2.56. The zero-order chi connectivity index (χ0) is 21.5. The molecule has 1 saturated heterocycles. The molecule has 3 atom stereocenters. The van der Waals surface area contributed by atoms with Crippen molar-refractivity contribution in [1.82, 2.24) is 14.0 Å². The van der Waals surface area contributed by atoms with Crippen LogP contribution in [0.4, 0.5) is 5.82 Å². The third kappa shape index (κ3) is 3.66. The van der Waals surface area contributed by atoms with Crippen LogP contribution >= 0.6 is 11.6 Å². The van der Waals surface area contributed by atoms with Crippen molar-refractivity contribution in [2.45, 2.75) is 18.4 Å². The maximum Gasteiger partial charge on any atom is 0.325 e. The Morgan fingerprint density at radius 2 is 1.83 bits per heavy atom. The van der Waals surface area contributed by atoms with Crippen LogP contribution in [0.25, 0.3) is 0 Å². The minimum Gasteiger partial charge on any atom is -0.480 e. The lowest BCUT2D eigenvalue weighted by molar-refractivity contribution is -0.140. The minimum absolute atomic E-state index is 0.236. The Hall–Kier alpha value is -2.20. The maximum atomic E-state index is 13.1. The molecule has 2 aromatic rings. The number of carboxylic acid groups (broad SMARTS) is 1. The van der Waals surface area contributed by atoms with Crippen molar-refractivity contribution >= 4 is 33.6 Å². The Kier molecular flexibility index (Phi) is 5.48. The molecule has 4 rings (SSSR count). The zero-order valence-corrected chi connectivity index (χ0v) is 18.0. The fourth-order valence-electron chi connectivity index (χ4n) is 4.29. The molecule has 10 heteroatoms. The van der Waals surface area contributed by atoms with Gasteiger partial charge in [-0.15, -0.1) is 0 Å². The summed E-state index contributed by atoms with van der Waals surface area (Å²) in [6.45, 7) is 3.14. The first-order chi connectivity index (χ1) is 14.3. The summed E-state index contributed by atoms with van der Waals surface area (Å²) in [5.74, 6) is -1.19. The van der Waals surface area contributed by atoms with E-state index in [0.717, 1.165) is 11.4 Å². The first-order valence-electron chi connectivity index (χ1n) is 9.69. The number of carbonyl (C=O) groups is 1.